The molecular formula is C30H38N6O6. The number of rotatable bonds is 16. The summed E-state index contributed by atoms with van der Waals surface area (Å²) in [6.07, 6.45) is 0.341. The van der Waals surface area contributed by atoms with Crippen LogP contribution in [0.15, 0.2) is 81.1 Å². The molecule has 0 spiro atoms. The van der Waals surface area contributed by atoms with Crippen molar-refractivity contribution in [3.63, 3.8) is 0 Å². The maximum atomic E-state index is 10.9. The maximum absolute atomic E-state index is 10.9. The zero-order valence-corrected chi connectivity index (χ0v) is 24.9. The number of benzene rings is 3. The van der Waals surface area contributed by atoms with Crippen LogP contribution < -0.4 is 14.4 Å². The van der Waals surface area contributed by atoms with E-state index >= 15 is 0 Å². The lowest BCUT2D eigenvalue weighted by Gasteiger charge is -2.25. The van der Waals surface area contributed by atoms with Gasteiger partial charge in [0.1, 0.15) is 22.9 Å². The number of nitro groups is 1. The Balaban J connectivity index is 1.76. The Kier molecular flexibility index (Phi) is 12.3. The predicted molar refractivity (Wildman–Crippen MR) is 162 cm³/mol. The van der Waals surface area contributed by atoms with Gasteiger partial charge in [0.2, 0.25) is 0 Å². The molecule has 3 aromatic carbocycles. The Bertz CT molecular complexity index is 1330. The molecule has 0 N–H and O–H groups in total. The van der Waals surface area contributed by atoms with Crippen LogP contribution in [-0.2, 0) is 9.47 Å². The second-order valence-electron chi connectivity index (χ2n) is 9.71. The summed E-state index contributed by atoms with van der Waals surface area (Å²) in [7, 11) is 3.03. The van der Waals surface area contributed by atoms with Crippen molar-refractivity contribution in [2.75, 3.05) is 45.4 Å². The van der Waals surface area contributed by atoms with Crippen LogP contribution in [0.5, 0.6) is 11.5 Å². The molecule has 0 aromatic heterocycles. The molecule has 0 amide bonds. The zero-order valence-electron chi connectivity index (χ0n) is 24.9. The van der Waals surface area contributed by atoms with E-state index in [2.05, 4.69) is 25.4 Å². The molecule has 0 bridgehead atoms. The normalized spacial score (nSPS) is 11.6. The van der Waals surface area contributed by atoms with E-state index in [1.54, 1.807) is 12.1 Å². The van der Waals surface area contributed by atoms with Crippen molar-refractivity contribution in [2.24, 2.45) is 20.5 Å². The lowest BCUT2D eigenvalue weighted by atomic mass is 10.2. The Morgan fingerprint density at radius 1 is 0.714 bits per heavy atom. The number of nitrogens with zero attached hydrogens (tertiary/aromatic N) is 6. The molecule has 3 rings (SSSR count). The van der Waals surface area contributed by atoms with Gasteiger partial charge in [-0.3, -0.25) is 10.1 Å². The van der Waals surface area contributed by atoms with Crippen LogP contribution >= 0.6 is 0 Å². The minimum absolute atomic E-state index is 0.0256. The second kappa shape index (κ2) is 16.1. The number of azo groups is 2. The van der Waals surface area contributed by atoms with E-state index in [-0.39, 0.29) is 17.9 Å². The molecule has 0 heterocycles. The summed E-state index contributed by atoms with van der Waals surface area (Å²) in [4.78, 5) is 12.6. The topological polar surface area (TPSA) is 133 Å². The second-order valence-corrected chi connectivity index (χ2v) is 9.71. The van der Waals surface area contributed by atoms with Crippen molar-refractivity contribution >= 4 is 34.1 Å². The summed E-state index contributed by atoms with van der Waals surface area (Å²) in [5, 5.41) is 28.0. The predicted octanol–water partition coefficient (Wildman–Crippen LogP) is 8.10. The van der Waals surface area contributed by atoms with Crippen molar-refractivity contribution in [3.05, 3.63) is 70.8 Å². The van der Waals surface area contributed by atoms with Crippen molar-refractivity contribution in [1.82, 2.24) is 0 Å². The van der Waals surface area contributed by atoms with Crippen molar-refractivity contribution in [3.8, 4) is 11.5 Å². The number of ether oxygens (including phenoxy) is 4. The molecule has 0 unspecified atom stereocenters. The summed E-state index contributed by atoms with van der Waals surface area (Å²) in [5.41, 5.74) is 2.98. The van der Waals surface area contributed by atoms with Gasteiger partial charge in [0.15, 0.2) is 0 Å². The first-order valence-corrected chi connectivity index (χ1v) is 13.6. The van der Waals surface area contributed by atoms with E-state index in [0.29, 0.717) is 47.5 Å². The van der Waals surface area contributed by atoms with Crippen LogP contribution in [0, 0.1) is 10.1 Å². The highest BCUT2D eigenvalue weighted by Crippen LogP contribution is 2.41. The van der Waals surface area contributed by atoms with Gasteiger partial charge in [-0.1, -0.05) is 0 Å². The number of hydrogen-bond acceptors (Lipinski definition) is 11. The highest BCUT2D eigenvalue weighted by Gasteiger charge is 2.12. The first-order chi connectivity index (χ1) is 20.2. The summed E-state index contributed by atoms with van der Waals surface area (Å²) in [6, 6.07) is 16.8. The largest absolute Gasteiger partial charge is 0.494 e. The summed E-state index contributed by atoms with van der Waals surface area (Å²) >= 11 is 0. The van der Waals surface area contributed by atoms with Gasteiger partial charge in [-0.2, -0.15) is 10.2 Å². The molecule has 12 nitrogen and oxygen atoms in total. The molecule has 3 aromatic rings. The monoisotopic (exact) mass is 578 g/mol. The number of non-ortho nitro benzene ring substituents is 1. The molecule has 0 aliphatic carbocycles. The van der Waals surface area contributed by atoms with Crippen LogP contribution in [0.25, 0.3) is 0 Å². The van der Waals surface area contributed by atoms with E-state index in [1.165, 1.54) is 38.5 Å². The van der Waals surface area contributed by atoms with E-state index in [9.17, 15) is 10.1 Å². The van der Waals surface area contributed by atoms with E-state index in [0.717, 1.165) is 18.8 Å². The third kappa shape index (κ3) is 9.89. The van der Waals surface area contributed by atoms with Gasteiger partial charge in [-0.05, 0) is 64.1 Å². The van der Waals surface area contributed by atoms with Crippen LogP contribution in [0.1, 0.15) is 27.7 Å². The third-order valence-electron chi connectivity index (χ3n) is 5.93. The quantitative estimate of drug-likeness (QED) is 0.0952. The smallest absolute Gasteiger partial charge is 0.269 e. The number of methoxy groups -OCH3 is 2. The van der Waals surface area contributed by atoms with Crippen molar-refractivity contribution in [2.45, 2.75) is 39.9 Å². The fourth-order valence-corrected chi connectivity index (χ4v) is 3.78. The summed E-state index contributed by atoms with van der Waals surface area (Å²) in [5.74, 6) is 0.837. The Morgan fingerprint density at radius 3 is 1.52 bits per heavy atom. The van der Waals surface area contributed by atoms with Gasteiger partial charge in [0.05, 0.1) is 55.9 Å². The SMILES string of the molecule is COc1cc(N=Nc2ccc([N+](=O)[O-])cc2)c(OC)cc1N=Nc1ccc(N(CCOC(C)C)CCOC(C)C)cc1. The molecule has 0 radical (unpaired) electrons. The molecule has 0 fully saturated rings. The average Bonchev–Trinajstić information content (AvgIpc) is 2.98. The molecule has 12 heteroatoms. The fourth-order valence-electron chi connectivity index (χ4n) is 3.78. The van der Waals surface area contributed by atoms with E-state index in [4.69, 9.17) is 18.9 Å². The number of anilines is 1. The molecule has 0 saturated carbocycles. The van der Waals surface area contributed by atoms with E-state index < -0.39 is 4.92 Å². The first-order valence-electron chi connectivity index (χ1n) is 13.6. The molecule has 0 aliphatic rings. The van der Waals surface area contributed by atoms with Gasteiger partial charge in [0.25, 0.3) is 5.69 Å². The maximum Gasteiger partial charge on any atom is 0.269 e. The Labute approximate surface area is 246 Å². The lowest BCUT2D eigenvalue weighted by molar-refractivity contribution is -0.384. The van der Waals surface area contributed by atoms with Gasteiger partial charge in [0, 0.05) is 43.0 Å². The number of hydrogen-bond donors (Lipinski definition) is 0. The van der Waals surface area contributed by atoms with Gasteiger partial charge in [-0.15, -0.1) is 10.2 Å². The van der Waals surface area contributed by atoms with Crippen molar-refractivity contribution in [1.29, 1.82) is 0 Å². The Morgan fingerprint density at radius 2 is 1.14 bits per heavy atom. The third-order valence-corrected chi connectivity index (χ3v) is 5.93. The molecule has 0 atom stereocenters. The van der Waals surface area contributed by atoms with Crippen LogP contribution in [0.4, 0.5) is 34.1 Å². The molecule has 0 aliphatic heterocycles. The zero-order chi connectivity index (χ0) is 30.5. The molecule has 0 saturated heterocycles. The van der Waals surface area contributed by atoms with Crippen molar-refractivity contribution < 1.29 is 23.9 Å². The number of nitro benzene ring substituents is 1. The van der Waals surface area contributed by atoms with Gasteiger partial charge >= 0.3 is 0 Å². The molecular weight excluding hydrogens is 540 g/mol. The molecule has 224 valence electrons. The minimum Gasteiger partial charge on any atom is -0.494 e. The Hall–Kier alpha value is -4.42. The van der Waals surface area contributed by atoms with Crippen LogP contribution in [-0.4, -0.2) is 57.7 Å². The standard InChI is InChI=1S/C30H38N6O6/c1-21(2)41-17-15-35(16-18-42-22(3)4)25-11-7-23(8-12-25)31-33-27-19-30(40-6)28(20-29(27)39-5)34-32-24-9-13-26(14-10-24)36(37)38/h7-14,19-22H,15-18H2,1-6H3. The minimum atomic E-state index is -0.472. The first kappa shape index (κ1) is 32.1. The highest BCUT2D eigenvalue weighted by atomic mass is 16.6. The van der Waals surface area contributed by atoms with Crippen LogP contribution in [0.2, 0.25) is 0 Å². The van der Waals surface area contributed by atoms with Crippen LogP contribution in [0.3, 0.4) is 0 Å². The van der Waals surface area contributed by atoms with Gasteiger partial charge < -0.3 is 23.8 Å². The average molecular weight is 579 g/mol. The fraction of sp³-hybridized carbons (Fsp3) is 0.400. The van der Waals surface area contributed by atoms with E-state index in [1.807, 2.05) is 52.0 Å². The summed E-state index contributed by atoms with van der Waals surface area (Å²) in [6.45, 7) is 10.8. The van der Waals surface area contributed by atoms with Gasteiger partial charge in [-0.25, -0.2) is 0 Å². The highest BCUT2D eigenvalue weighted by molar-refractivity contribution is 5.66. The lowest BCUT2D eigenvalue weighted by Crippen LogP contribution is -2.32. The summed E-state index contributed by atoms with van der Waals surface area (Å²) < 4.78 is 22.5. The molecule has 42 heavy (non-hydrogen) atoms.